The Balaban J connectivity index is 2.24. The first-order valence-electron chi connectivity index (χ1n) is 8.15. The number of fused-ring (bicyclic) bond motifs is 1. The van der Waals surface area contributed by atoms with Gasteiger partial charge >= 0.3 is 0 Å². The van der Waals surface area contributed by atoms with Crippen LogP contribution in [0.25, 0.3) is 0 Å². The number of aliphatic hydroxyl groups excluding tert-OH is 1. The standard InChI is InChI=1S/C19H19F3N2O2/c1-19(2)13-4-3-5-14(22)17(13)24(18(19)26)16(15(25)9-23)10-6-11(20)8-12(21)7-10/h3-8,15-16,25H,9,23H2,1-2H3/t15-,16-/m0/s1. The van der Waals surface area contributed by atoms with Crippen LogP contribution in [-0.4, -0.2) is 23.7 Å². The summed E-state index contributed by atoms with van der Waals surface area (Å²) in [6.07, 6.45) is -1.35. The smallest absolute Gasteiger partial charge is 0.237 e. The number of hydrogen-bond donors (Lipinski definition) is 2. The maximum atomic E-state index is 14.6. The molecule has 0 radical (unpaired) electrons. The molecule has 0 aromatic heterocycles. The van der Waals surface area contributed by atoms with Crippen molar-refractivity contribution in [2.45, 2.75) is 31.4 Å². The molecule has 3 rings (SSSR count). The third-order valence-corrected chi connectivity index (χ3v) is 4.77. The molecule has 7 heteroatoms. The van der Waals surface area contributed by atoms with Gasteiger partial charge in [-0.15, -0.1) is 0 Å². The van der Waals surface area contributed by atoms with Crippen LogP contribution in [0.2, 0.25) is 0 Å². The fraction of sp³-hybridized carbons (Fsp3) is 0.316. The number of anilines is 1. The largest absolute Gasteiger partial charge is 0.389 e. The summed E-state index contributed by atoms with van der Waals surface area (Å²) in [7, 11) is 0. The monoisotopic (exact) mass is 364 g/mol. The SMILES string of the molecule is CC1(C)C(=O)N([C@@H](c2cc(F)cc(F)c2)[C@@H](O)CN)c2c(F)cccc21. The maximum absolute atomic E-state index is 14.6. The Hall–Kier alpha value is -2.38. The molecule has 0 bridgehead atoms. The molecule has 0 spiro atoms. The molecule has 1 aliphatic rings. The molecule has 0 saturated carbocycles. The molecule has 0 saturated heterocycles. The molecule has 4 nitrogen and oxygen atoms in total. The summed E-state index contributed by atoms with van der Waals surface area (Å²) >= 11 is 0. The minimum atomic E-state index is -1.35. The number of rotatable bonds is 4. The Morgan fingerprint density at radius 3 is 2.35 bits per heavy atom. The zero-order chi connectivity index (χ0) is 19.2. The van der Waals surface area contributed by atoms with Gasteiger partial charge in [0.15, 0.2) is 0 Å². The number of benzene rings is 2. The summed E-state index contributed by atoms with van der Waals surface area (Å²) in [6, 6.07) is 5.77. The van der Waals surface area contributed by atoms with E-state index in [0.29, 0.717) is 11.6 Å². The van der Waals surface area contributed by atoms with Crippen molar-refractivity contribution in [3.05, 3.63) is 65.0 Å². The van der Waals surface area contributed by atoms with Crippen LogP contribution in [0.15, 0.2) is 36.4 Å². The Bertz CT molecular complexity index is 850. The number of nitrogens with two attached hydrogens (primary N) is 1. The fourth-order valence-corrected chi connectivity index (χ4v) is 3.47. The fourth-order valence-electron chi connectivity index (χ4n) is 3.47. The van der Waals surface area contributed by atoms with E-state index in [1.54, 1.807) is 19.9 Å². The average Bonchev–Trinajstić information content (AvgIpc) is 2.76. The number of halogens is 3. The number of amides is 1. The lowest BCUT2D eigenvalue weighted by molar-refractivity contribution is -0.123. The summed E-state index contributed by atoms with van der Waals surface area (Å²) in [5.74, 6) is -2.88. The van der Waals surface area contributed by atoms with Gasteiger partial charge in [-0.05, 0) is 43.2 Å². The molecule has 0 unspecified atom stereocenters. The minimum Gasteiger partial charge on any atom is -0.389 e. The average molecular weight is 364 g/mol. The predicted molar refractivity (Wildman–Crippen MR) is 91.1 cm³/mol. The number of para-hydroxylation sites is 1. The van der Waals surface area contributed by atoms with E-state index in [1.165, 1.54) is 12.1 Å². The van der Waals surface area contributed by atoms with Crippen molar-refractivity contribution in [1.29, 1.82) is 0 Å². The van der Waals surface area contributed by atoms with E-state index in [0.717, 1.165) is 17.0 Å². The Morgan fingerprint density at radius 2 is 1.77 bits per heavy atom. The quantitative estimate of drug-likeness (QED) is 0.877. The second-order valence-electron chi connectivity index (χ2n) is 6.89. The normalized spacial score (nSPS) is 18.0. The van der Waals surface area contributed by atoms with Crippen molar-refractivity contribution >= 4 is 11.6 Å². The van der Waals surface area contributed by atoms with Crippen LogP contribution in [0.4, 0.5) is 18.9 Å². The molecule has 1 aliphatic heterocycles. The molecule has 0 aliphatic carbocycles. The van der Waals surface area contributed by atoms with Gasteiger partial charge in [0.1, 0.15) is 17.5 Å². The zero-order valence-corrected chi connectivity index (χ0v) is 14.3. The van der Waals surface area contributed by atoms with Crippen molar-refractivity contribution in [3.63, 3.8) is 0 Å². The molecule has 2 atom stereocenters. The maximum Gasteiger partial charge on any atom is 0.237 e. The molecule has 26 heavy (non-hydrogen) atoms. The van der Waals surface area contributed by atoms with Gasteiger partial charge < -0.3 is 10.8 Å². The highest BCUT2D eigenvalue weighted by molar-refractivity contribution is 6.08. The number of carbonyl (C=O) groups excluding carboxylic acids is 1. The first kappa shape index (κ1) is 18.4. The molecule has 0 fully saturated rings. The first-order chi connectivity index (χ1) is 12.2. The van der Waals surface area contributed by atoms with E-state index in [2.05, 4.69) is 0 Å². The summed E-state index contributed by atoms with van der Waals surface area (Å²) in [4.78, 5) is 14.1. The second-order valence-corrected chi connectivity index (χ2v) is 6.89. The van der Waals surface area contributed by atoms with Gasteiger partial charge in [0.2, 0.25) is 5.91 Å². The number of hydrogen-bond acceptors (Lipinski definition) is 3. The van der Waals surface area contributed by atoms with Gasteiger partial charge in [-0.25, -0.2) is 13.2 Å². The molecule has 1 heterocycles. The van der Waals surface area contributed by atoms with Crippen LogP contribution < -0.4 is 10.6 Å². The van der Waals surface area contributed by atoms with Crippen LogP contribution in [0, 0.1) is 17.5 Å². The van der Waals surface area contributed by atoms with Crippen LogP contribution in [0.3, 0.4) is 0 Å². The minimum absolute atomic E-state index is 0.000651. The van der Waals surface area contributed by atoms with Crippen molar-refractivity contribution in [1.82, 2.24) is 0 Å². The summed E-state index contributed by atoms with van der Waals surface area (Å²) < 4.78 is 42.1. The second kappa shape index (κ2) is 6.41. The van der Waals surface area contributed by atoms with Crippen molar-refractivity contribution in [2.24, 2.45) is 5.73 Å². The van der Waals surface area contributed by atoms with E-state index in [4.69, 9.17) is 5.73 Å². The highest BCUT2D eigenvalue weighted by atomic mass is 19.1. The Morgan fingerprint density at radius 1 is 1.15 bits per heavy atom. The molecule has 138 valence electrons. The predicted octanol–water partition coefficient (Wildman–Crippen LogP) is 2.79. The van der Waals surface area contributed by atoms with E-state index >= 15 is 0 Å². The van der Waals surface area contributed by atoms with Gasteiger partial charge in [0.25, 0.3) is 0 Å². The van der Waals surface area contributed by atoms with Crippen molar-refractivity contribution in [2.75, 3.05) is 11.4 Å². The van der Waals surface area contributed by atoms with Crippen LogP contribution >= 0.6 is 0 Å². The molecular formula is C19H19F3N2O2. The van der Waals surface area contributed by atoms with E-state index in [-0.39, 0.29) is 17.8 Å². The summed E-state index contributed by atoms with van der Waals surface area (Å²) in [5.41, 5.74) is 4.93. The topological polar surface area (TPSA) is 66.6 Å². The van der Waals surface area contributed by atoms with Crippen LogP contribution in [-0.2, 0) is 10.2 Å². The summed E-state index contributed by atoms with van der Waals surface area (Å²) in [5, 5.41) is 10.4. The van der Waals surface area contributed by atoms with Gasteiger partial charge in [-0.1, -0.05) is 12.1 Å². The number of carbonyl (C=O) groups is 1. The van der Waals surface area contributed by atoms with Crippen molar-refractivity contribution in [3.8, 4) is 0 Å². The van der Waals surface area contributed by atoms with Crippen LogP contribution in [0.1, 0.15) is 31.0 Å². The lowest BCUT2D eigenvalue weighted by atomic mass is 9.86. The highest BCUT2D eigenvalue weighted by Gasteiger charge is 2.49. The Labute approximate surface area is 149 Å². The van der Waals surface area contributed by atoms with Gasteiger partial charge in [-0.2, -0.15) is 0 Å². The van der Waals surface area contributed by atoms with Crippen molar-refractivity contribution < 1.29 is 23.1 Å². The van der Waals surface area contributed by atoms with Gasteiger partial charge in [0, 0.05) is 12.6 Å². The lowest BCUT2D eigenvalue weighted by Crippen LogP contribution is -2.45. The van der Waals surface area contributed by atoms with Gasteiger partial charge in [-0.3, -0.25) is 9.69 Å². The van der Waals surface area contributed by atoms with E-state index < -0.39 is 40.9 Å². The molecule has 3 N–H and O–H groups in total. The zero-order valence-electron chi connectivity index (χ0n) is 14.3. The number of aliphatic hydroxyl groups is 1. The Kier molecular flexibility index (Phi) is 4.54. The molecular weight excluding hydrogens is 345 g/mol. The third-order valence-electron chi connectivity index (χ3n) is 4.77. The van der Waals surface area contributed by atoms with E-state index in [1.807, 2.05) is 0 Å². The third kappa shape index (κ3) is 2.77. The van der Waals surface area contributed by atoms with Gasteiger partial charge in [0.05, 0.1) is 23.2 Å². The number of nitrogens with zero attached hydrogens (tertiary/aromatic N) is 1. The summed E-state index contributed by atoms with van der Waals surface area (Å²) in [6.45, 7) is 2.98. The molecule has 2 aromatic rings. The highest BCUT2D eigenvalue weighted by Crippen LogP contribution is 2.47. The van der Waals surface area contributed by atoms with E-state index in [9.17, 15) is 23.1 Å². The van der Waals surface area contributed by atoms with Crippen LogP contribution in [0.5, 0.6) is 0 Å². The molecule has 2 aromatic carbocycles. The lowest BCUT2D eigenvalue weighted by Gasteiger charge is -2.33. The molecule has 1 amide bonds. The first-order valence-corrected chi connectivity index (χ1v) is 8.15.